The van der Waals surface area contributed by atoms with Crippen molar-refractivity contribution in [2.75, 3.05) is 6.54 Å². The maximum atomic E-state index is 3.48. The molecule has 1 aliphatic heterocycles. The Balaban J connectivity index is 1.77. The van der Waals surface area contributed by atoms with Crippen LogP contribution in [0.3, 0.4) is 0 Å². The van der Waals surface area contributed by atoms with Gasteiger partial charge in [-0.1, -0.05) is 13.3 Å². The summed E-state index contributed by atoms with van der Waals surface area (Å²) < 4.78 is 0. The first-order chi connectivity index (χ1) is 4.42. The Hall–Kier alpha value is -0.0400. The smallest absolute Gasteiger partial charge is 0.0136 e. The van der Waals surface area contributed by atoms with Gasteiger partial charge >= 0.3 is 0 Å². The van der Waals surface area contributed by atoms with E-state index in [0.29, 0.717) is 0 Å². The largest absolute Gasteiger partial charge is 0.313 e. The van der Waals surface area contributed by atoms with Crippen LogP contribution in [-0.2, 0) is 0 Å². The van der Waals surface area contributed by atoms with Crippen molar-refractivity contribution in [3.8, 4) is 0 Å². The lowest BCUT2D eigenvalue weighted by molar-refractivity contribution is 0.0234. The van der Waals surface area contributed by atoms with Crippen molar-refractivity contribution in [3.63, 3.8) is 0 Å². The first-order valence-electron chi connectivity index (χ1n) is 4.15. The highest BCUT2D eigenvalue weighted by molar-refractivity contribution is 5.02. The molecule has 0 radical (unpaired) electrons. The van der Waals surface area contributed by atoms with Crippen LogP contribution in [0.4, 0.5) is 0 Å². The van der Waals surface area contributed by atoms with Crippen LogP contribution in [0.15, 0.2) is 0 Å². The Labute approximate surface area is 56.8 Å². The van der Waals surface area contributed by atoms with Crippen LogP contribution in [0.2, 0.25) is 0 Å². The molecule has 0 spiro atoms. The van der Waals surface area contributed by atoms with Gasteiger partial charge < -0.3 is 5.32 Å². The Bertz CT molecular complexity index is 109. The summed E-state index contributed by atoms with van der Waals surface area (Å²) in [6.07, 6.45) is 4.34. The summed E-state index contributed by atoms with van der Waals surface area (Å²) in [5.74, 6) is 2.13. The fourth-order valence-electron chi connectivity index (χ4n) is 2.21. The predicted octanol–water partition coefficient (Wildman–Crippen LogP) is 1.39. The number of rotatable bonds is 2. The molecule has 0 aromatic carbocycles. The summed E-state index contributed by atoms with van der Waals surface area (Å²) in [6, 6.07) is 0.949. The van der Waals surface area contributed by atoms with Crippen LogP contribution in [0.1, 0.15) is 26.2 Å². The molecule has 2 fully saturated rings. The Morgan fingerprint density at radius 1 is 1.56 bits per heavy atom. The normalized spacial score (nSPS) is 47.0. The molecule has 1 N–H and O–H groups in total. The van der Waals surface area contributed by atoms with Crippen LogP contribution < -0.4 is 5.32 Å². The second kappa shape index (κ2) is 1.98. The summed E-state index contributed by atoms with van der Waals surface area (Å²) in [6.45, 7) is 3.59. The van der Waals surface area contributed by atoms with E-state index < -0.39 is 0 Å². The molecule has 0 bridgehead atoms. The van der Waals surface area contributed by atoms with Crippen molar-refractivity contribution < 1.29 is 0 Å². The van der Waals surface area contributed by atoms with E-state index in [4.69, 9.17) is 0 Å². The van der Waals surface area contributed by atoms with E-state index in [1.54, 1.807) is 0 Å². The number of hydrogen-bond donors (Lipinski definition) is 1. The molecular weight excluding hydrogens is 110 g/mol. The highest BCUT2D eigenvalue weighted by Crippen LogP contribution is 2.41. The van der Waals surface area contributed by atoms with Crippen LogP contribution in [-0.4, -0.2) is 12.6 Å². The molecule has 0 aromatic rings. The Kier molecular flexibility index (Phi) is 1.26. The van der Waals surface area contributed by atoms with Crippen molar-refractivity contribution >= 4 is 0 Å². The van der Waals surface area contributed by atoms with Gasteiger partial charge in [-0.2, -0.15) is 0 Å². The monoisotopic (exact) mass is 125 g/mol. The van der Waals surface area contributed by atoms with Gasteiger partial charge in [0.15, 0.2) is 0 Å². The zero-order valence-corrected chi connectivity index (χ0v) is 6.06. The predicted molar refractivity (Wildman–Crippen MR) is 38.3 cm³/mol. The first-order valence-corrected chi connectivity index (χ1v) is 4.15. The number of fused-ring (bicyclic) bond motifs is 1. The summed E-state index contributed by atoms with van der Waals surface area (Å²) in [5.41, 5.74) is 0. The fourth-order valence-corrected chi connectivity index (χ4v) is 2.21. The number of nitrogens with one attached hydrogen (secondary N) is 1. The Morgan fingerprint density at radius 3 is 2.78 bits per heavy atom. The average molecular weight is 125 g/mol. The van der Waals surface area contributed by atoms with Gasteiger partial charge in [0.1, 0.15) is 0 Å². The quantitative estimate of drug-likeness (QED) is 0.588. The van der Waals surface area contributed by atoms with Crippen molar-refractivity contribution in [1.82, 2.24) is 5.32 Å². The SMILES string of the molecule is CCCC1CC2CNC12. The van der Waals surface area contributed by atoms with Gasteiger partial charge in [0.25, 0.3) is 0 Å². The molecule has 1 saturated carbocycles. The maximum Gasteiger partial charge on any atom is 0.0136 e. The summed E-state index contributed by atoms with van der Waals surface area (Å²) in [4.78, 5) is 0. The van der Waals surface area contributed by atoms with E-state index in [1.165, 1.54) is 25.8 Å². The summed E-state index contributed by atoms with van der Waals surface area (Å²) in [7, 11) is 0. The standard InChI is InChI=1S/C8H15N/c1-2-3-6-4-7-5-9-8(6)7/h6-9H,2-5H2,1H3. The van der Waals surface area contributed by atoms with E-state index in [0.717, 1.165) is 17.9 Å². The van der Waals surface area contributed by atoms with Gasteiger partial charge in [-0.05, 0) is 31.2 Å². The van der Waals surface area contributed by atoms with E-state index in [1.807, 2.05) is 0 Å². The summed E-state index contributed by atoms with van der Waals surface area (Å²) in [5, 5.41) is 3.48. The summed E-state index contributed by atoms with van der Waals surface area (Å²) >= 11 is 0. The minimum Gasteiger partial charge on any atom is -0.313 e. The lowest BCUT2D eigenvalue weighted by Gasteiger charge is -2.54. The molecule has 0 aromatic heterocycles. The second-order valence-corrected chi connectivity index (χ2v) is 3.48. The lowest BCUT2D eigenvalue weighted by Crippen LogP contribution is -2.65. The molecule has 1 nitrogen and oxygen atoms in total. The van der Waals surface area contributed by atoms with Gasteiger partial charge in [0.05, 0.1) is 0 Å². The van der Waals surface area contributed by atoms with Gasteiger partial charge in [-0.15, -0.1) is 0 Å². The molecule has 3 unspecified atom stereocenters. The molecular formula is C8H15N. The molecule has 9 heavy (non-hydrogen) atoms. The third-order valence-corrected chi connectivity index (χ3v) is 2.90. The topological polar surface area (TPSA) is 12.0 Å². The van der Waals surface area contributed by atoms with E-state index >= 15 is 0 Å². The van der Waals surface area contributed by atoms with Crippen molar-refractivity contribution in [2.45, 2.75) is 32.2 Å². The molecule has 3 atom stereocenters. The number of piperidine rings is 1. The van der Waals surface area contributed by atoms with Gasteiger partial charge in [0, 0.05) is 6.04 Å². The van der Waals surface area contributed by atoms with Crippen LogP contribution >= 0.6 is 0 Å². The third-order valence-electron chi connectivity index (χ3n) is 2.90. The van der Waals surface area contributed by atoms with Gasteiger partial charge in [-0.25, -0.2) is 0 Å². The van der Waals surface area contributed by atoms with Crippen LogP contribution in [0.5, 0.6) is 0 Å². The van der Waals surface area contributed by atoms with Crippen LogP contribution in [0.25, 0.3) is 0 Å². The van der Waals surface area contributed by atoms with Crippen molar-refractivity contribution in [2.24, 2.45) is 11.8 Å². The van der Waals surface area contributed by atoms with Crippen molar-refractivity contribution in [3.05, 3.63) is 0 Å². The minimum absolute atomic E-state index is 0.949. The highest BCUT2D eigenvalue weighted by atomic mass is 15.0. The molecule has 1 saturated heterocycles. The Morgan fingerprint density at radius 2 is 2.44 bits per heavy atom. The van der Waals surface area contributed by atoms with E-state index in [-0.39, 0.29) is 0 Å². The van der Waals surface area contributed by atoms with E-state index in [9.17, 15) is 0 Å². The molecule has 1 heteroatoms. The first kappa shape index (κ1) is 5.72. The third kappa shape index (κ3) is 0.710. The molecule has 52 valence electrons. The average Bonchev–Trinajstić information content (AvgIpc) is 1.82. The minimum atomic E-state index is 0.949. The zero-order chi connectivity index (χ0) is 6.27. The molecule has 2 rings (SSSR count). The molecule has 2 aliphatic rings. The van der Waals surface area contributed by atoms with Crippen LogP contribution in [0, 0.1) is 11.8 Å². The van der Waals surface area contributed by atoms with E-state index in [2.05, 4.69) is 12.2 Å². The zero-order valence-electron chi connectivity index (χ0n) is 6.06. The molecule has 1 heterocycles. The van der Waals surface area contributed by atoms with Crippen molar-refractivity contribution in [1.29, 1.82) is 0 Å². The molecule has 0 amide bonds. The number of hydrogen-bond acceptors (Lipinski definition) is 1. The van der Waals surface area contributed by atoms with Gasteiger partial charge in [0.2, 0.25) is 0 Å². The fraction of sp³-hybridized carbons (Fsp3) is 1.00. The lowest BCUT2D eigenvalue weighted by atomic mass is 9.63. The highest BCUT2D eigenvalue weighted by Gasteiger charge is 2.45. The second-order valence-electron chi connectivity index (χ2n) is 3.48. The molecule has 1 aliphatic carbocycles. The van der Waals surface area contributed by atoms with Gasteiger partial charge in [-0.3, -0.25) is 0 Å². The maximum absolute atomic E-state index is 3.48.